The van der Waals surface area contributed by atoms with Crippen molar-refractivity contribution in [2.45, 2.75) is 53.4 Å². The van der Waals surface area contributed by atoms with E-state index in [1.165, 1.54) is 5.56 Å². The Bertz CT molecular complexity index is 965. The number of piperidine rings is 1. The number of carbonyl (C=O) groups is 1. The number of aliphatic imine (C=N–C) groups is 1. The van der Waals surface area contributed by atoms with Gasteiger partial charge in [0.15, 0.2) is 0 Å². The third-order valence-corrected chi connectivity index (χ3v) is 6.97. The minimum absolute atomic E-state index is 0.138. The summed E-state index contributed by atoms with van der Waals surface area (Å²) >= 11 is 0. The molecule has 0 spiro atoms. The van der Waals surface area contributed by atoms with Gasteiger partial charge in [0.25, 0.3) is 5.91 Å². The second-order valence-electron chi connectivity index (χ2n) is 9.37. The number of nitrogens with zero attached hydrogens (tertiary/aromatic N) is 2. The van der Waals surface area contributed by atoms with Crippen LogP contribution in [-0.4, -0.2) is 36.2 Å². The maximum Gasteiger partial charge on any atom is 0.253 e. The molecule has 0 aromatic heterocycles. The maximum atomic E-state index is 13.0. The third kappa shape index (κ3) is 6.64. The molecule has 3 rings (SSSR count). The van der Waals surface area contributed by atoms with Crippen LogP contribution < -0.4 is 5.73 Å². The number of likely N-dealkylation sites (tertiary alicyclic amines) is 1. The Balaban J connectivity index is 1.63. The normalized spacial score (nSPS) is 16.7. The molecule has 0 bridgehead atoms. The van der Waals surface area contributed by atoms with Crippen LogP contribution in [0, 0.1) is 18.8 Å². The first-order valence-corrected chi connectivity index (χ1v) is 12.3. The van der Waals surface area contributed by atoms with Crippen molar-refractivity contribution >= 4 is 17.2 Å². The van der Waals surface area contributed by atoms with E-state index in [1.54, 1.807) is 0 Å². The van der Waals surface area contributed by atoms with Crippen molar-refractivity contribution in [2.24, 2.45) is 22.6 Å². The molecule has 4 nitrogen and oxygen atoms in total. The quantitative estimate of drug-likeness (QED) is 0.500. The van der Waals surface area contributed by atoms with Crippen LogP contribution in [-0.2, 0) is 0 Å². The van der Waals surface area contributed by atoms with Gasteiger partial charge in [0.05, 0.1) is 0 Å². The molecule has 0 saturated carbocycles. The summed E-state index contributed by atoms with van der Waals surface area (Å²) in [5.41, 5.74) is 12.1. The second-order valence-corrected chi connectivity index (χ2v) is 9.37. The first-order valence-electron chi connectivity index (χ1n) is 12.3. The molecule has 176 valence electrons. The fourth-order valence-corrected chi connectivity index (χ4v) is 4.59. The molecule has 4 heteroatoms. The van der Waals surface area contributed by atoms with Crippen LogP contribution in [0.3, 0.4) is 0 Å². The van der Waals surface area contributed by atoms with Crippen molar-refractivity contribution < 1.29 is 4.79 Å². The van der Waals surface area contributed by atoms with E-state index in [9.17, 15) is 4.79 Å². The Hall–Kier alpha value is -2.72. The lowest BCUT2D eigenvalue weighted by atomic mass is 9.83. The predicted octanol–water partition coefficient (Wildman–Crippen LogP) is 6.09. The average molecular weight is 446 g/mol. The number of allylic oxidation sites excluding steroid dienone is 1. The lowest BCUT2D eigenvalue weighted by molar-refractivity contribution is 0.0660. The predicted molar refractivity (Wildman–Crippen MR) is 140 cm³/mol. The maximum absolute atomic E-state index is 13.0. The molecule has 2 aromatic carbocycles. The highest BCUT2D eigenvalue weighted by Gasteiger charge is 2.26. The topological polar surface area (TPSA) is 58.7 Å². The molecule has 0 aliphatic carbocycles. The fraction of sp³-hybridized carbons (Fsp3) is 0.448. The van der Waals surface area contributed by atoms with Crippen LogP contribution in [0.2, 0.25) is 0 Å². The molecule has 1 amide bonds. The van der Waals surface area contributed by atoms with Gasteiger partial charge in [-0.1, -0.05) is 55.8 Å². The molecule has 2 N–H and O–H groups in total. The average Bonchev–Trinajstić information content (AvgIpc) is 2.85. The monoisotopic (exact) mass is 445 g/mol. The van der Waals surface area contributed by atoms with Gasteiger partial charge < -0.3 is 10.6 Å². The summed E-state index contributed by atoms with van der Waals surface area (Å²) < 4.78 is 0. The van der Waals surface area contributed by atoms with Gasteiger partial charge in [0.1, 0.15) is 0 Å². The summed E-state index contributed by atoms with van der Waals surface area (Å²) in [7, 11) is 0. The highest BCUT2D eigenvalue weighted by atomic mass is 16.2. The number of carbonyl (C=O) groups excluding carboxylic acids is 1. The Labute approximate surface area is 199 Å². The lowest BCUT2D eigenvalue weighted by Gasteiger charge is -2.35. The molecule has 2 aromatic rings. The smallest absolute Gasteiger partial charge is 0.253 e. The summed E-state index contributed by atoms with van der Waals surface area (Å²) in [5, 5.41) is 0. The van der Waals surface area contributed by atoms with Crippen LogP contribution >= 0.6 is 0 Å². The zero-order chi connectivity index (χ0) is 23.8. The molecule has 0 radical (unpaired) electrons. The second kappa shape index (κ2) is 11.9. The van der Waals surface area contributed by atoms with Crippen LogP contribution in [0.1, 0.15) is 73.5 Å². The number of aryl methyl sites for hydroxylation is 1. The Morgan fingerprint density at radius 2 is 1.64 bits per heavy atom. The van der Waals surface area contributed by atoms with E-state index in [2.05, 4.69) is 52.0 Å². The van der Waals surface area contributed by atoms with E-state index in [-0.39, 0.29) is 5.91 Å². The van der Waals surface area contributed by atoms with Crippen molar-refractivity contribution in [1.82, 2.24) is 4.90 Å². The Kier molecular flexibility index (Phi) is 9.02. The van der Waals surface area contributed by atoms with Crippen molar-refractivity contribution in [3.63, 3.8) is 0 Å². The van der Waals surface area contributed by atoms with E-state index >= 15 is 0 Å². The van der Waals surface area contributed by atoms with Crippen LogP contribution in [0.5, 0.6) is 0 Å². The van der Waals surface area contributed by atoms with E-state index in [0.29, 0.717) is 11.8 Å². The zero-order valence-corrected chi connectivity index (χ0v) is 20.7. The molecular formula is C29H39N3O. The lowest BCUT2D eigenvalue weighted by Crippen LogP contribution is -2.40. The number of amides is 1. The SMILES string of the molecule is CCC(=N/C=C(\C)c1ccc(C(=O)N2CCC(C(C)CCN)CC2)cc1)c1ccc(C)cc1. The standard InChI is InChI=1S/C29H39N3O/c1-5-28(26-8-6-21(2)7-9-26)31-20-23(4)24-10-12-27(13-11-24)29(33)32-18-15-25(16-19-32)22(3)14-17-30/h6-13,20,22,25H,5,14-19,30H2,1-4H3/b23-20+,31-28?. The van der Waals surface area contributed by atoms with E-state index in [0.717, 1.165) is 73.3 Å². The van der Waals surface area contributed by atoms with Crippen molar-refractivity contribution in [1.29, 1.82) is 0 Å². The Morgan fingerprint density at radius 3 is 2.21 bits per heavy atom. The van der Waals surface area contributed by atoms with Gasteiger partial charge >= 0.3 is 0 Å². The van der Waals surface area contributed by atoms with E-state index < -0.39 is 0 Å². The van der Waals surface area contributed by atoms with Crippen molar-refractivity contribution in [3.05, 3.63) is 77.0 Å². The summed E-state index contributed by atoms with van der Waals surface area (Å²) in [6, 6.07) is 16.5. The molecule has 33 heavy (non-hydrogen) atoms. The molecule has 1 aliphatic rings. The Morgan fingerprint density at radius 1 is 1.06 bits per heavy atom. The molecule has 1 saturated heterocycles. The molecule has 1 atom stereocenters. The van der Waals surface area contributed by atoms with Crippen molar-refractivity contribution in [3.8, 4) is 0 Å². The van der Waals surface area contributed by atoms with Gasteiger partial charge in [0, 0.05) is 30.6 Å². The summed E-state index contributed by atoms with van der Waals surface area (Å²) in [6.45, 7) is 11.0. The van der Waals surface area contributed by atoms with E-state index in [4.69, 9.17) is 10.7 Å². The van der Waals surface area contributed by atoms with Crippen LogP contribution in [0.25, 0.3) is 5.57 Å². The van der Waals surface area contributed by atoms with E-state index in [1.807, 2.05) is 35.4 Å². The summed E-state index contributed by atoms with van der Waals surface area (Å²) in [4.78, 5) is 19.7. The zero-order valence-electron chi connectivity index (χ0n) is 20.7. The number of nitrogens with two attached hydrogens (primary N) is 1. The minimum atomic E-state index is 0.138. The minimum Gasteiger partial charge on any atom is -0.339 e. The van der Waals surface area contributed by atoms with Gasteiger partial charge in [-0.25, -0.2) is 0 Å². The summed E-state index contributed by atoms with van der Waals surface area (Å²) in [6.07, 6.45) is 6.03. The van der Waals surface area contributed by atoms with Crippen LogP contribution in [0.15, 0.2) is 59.7 Å². The molecule has 1 unspecified atom stereocenters. The molecular weight excluding hydrogens is 406 g/mol. The first kappa shape index (κ1) is 24.9. The molecule has 1 aliphatic heterocycles. The highest BCUT2D eigenvalue weighted by molar-refractivity contribution is 6.01. The van der Waals surface area contributed by atoms with Gasteiger partial charge in [-0.2, -0.15) is 0 Å². The van der Waals surface area contributed by atoms with Gasteiger partial charge in [0.2, 0.25) is 0 Å². The first-order chi connectivity index (χ1) is 15.9. The summed E-state index contributed by atoms with van der Waals surface area (Å²) in [5.74, 6) is 1.46. The van der Waals surface area contributed by atoms with Gasteiger partial charge in [-0.3, -0.25) is 9.79 Å². The van der Waals surface area contributed by atoms with Gasteiger partial charge in [-0.15, -0.1) is 0 Å². The molecule has 1 fully saturated rings. The van der Waals surface area contributed by atoms with Crippen molar-refractivity contribution in [2.75, 3.05) is 19.6 Å². The number of hydrogen-bond acceptors (Lipinski definition) is 3. The van der Waals surface area contributed by atoms with Crippen LogP contribution in [0.4, 0.5) is 0 Å². The number of benzene rings is 2. The number of hydrogen-bond donors (Lipinski definition) is 1. The van der Waals surface area contributed by atoms with Gasteiger partial charge in [-0.05, 0) is 86.7 Å². The highest BCUT2D eigenvalue weighted by Crippen LogP contribution is 2.27. The third-order valence-electron chi connectivity index (χ3n) is 6.97. The number of rotatable bonds is 8. The fourth-order valence-electron chi connectivity index (χ4n) is 4.59. The largest absolute Gasteiger partial charge is 0.339 e. The molecule has 1 heterocycles.